The molecule has 10 heteroatoms. The summed E-state index contributed by atoms with van der Waals surface area (Å²) < 4.78 is 19.3. The van der Waals surface area contributed by atoms with Crippen LogP contribution in [0.3, 0.4) is 0 Å². The van der Waals surface area contributed by atoms with Crippen molar-refractivity contribution in [2.45, 2.75) is 18.2 Å². The van der Waals surface area contributed by atoms with Gasteiger partial charge in [0.05, 0.1) is 19.8 Å². The van der Waals surface area contributed by atoms with Crippen molar-refractivity contribution < 1.29 is 13.9 Å². The number of alkyl halides is 1. The number of hydrogen-bond donors (Lipinski definition) is 1. The lowest BCUT2D eigenvalue weighted by Crippen LogP contribution is -2.38. The lowest BCUT2D eigenvalue weighted by atomic mass is 10.1. The number of nitrogens with zero attached hydrogens (tertiary/aromatic N) is 2. The monoisotopic (exact) mass is 567 g/mol. The van der Waals surface area contributed by atoms with Crippen LogP contribution in [0, 0.1) is 5.82 Å². The van der Waals surface area contributed by atoms with Gasteiger partial charge in [0.15, 0.2) is 0 Å². The van der Waals surface area contributed by atoms with Gasteiger partial charge in [-0.2, -0.15) is 0 Å². The summed E-state index contributed by atoms with van der Waals surface area (Å²) in [6.07, 6.45) is 3.06. The van der Waals surface area contributed by atoms with Gasteiger partial charge in [-0.25, -0.2) is 4.39 Å². The average Bonchev–Trinajstić information content (AvgIpc) is 3.31. The molecule has 2 atom stereocenters. The molecule has 188 valence electrons. The van der Waals surface area contributed by atoms with Crippen LogP contribution >= 0.6 is 46.4 Å². The third-order valence-electron chi connectivity index (χ3n) is 5.49. The second-order valence-corrected chi connectivity index (χ2v) is 9.87. The van der Waals surface area contributed by atoms with E-state index in [4.69, 9.17) is 51.1 Å². The number of nitrogens with one attached hydrogen (secondary N) is 1. The van der Waals surface area contributed by atoms with Gasteiger partial charge in [0.25, 0.3) is 0 Å². The summed E-state index contributed by atoms with van der Waals surface area (Å²) >= 11 is 25.3. The molecule has 0 saturated carbocycles. The van der Waals surface area contributed by atoms with E-state index in [0.29, 0.717) is 27.4 Å². The zero-order valence-electron chi connectivity index (χ0n) is 18.9. The van der Waals surface area contributed by atoms with Crippen molar-refractivity contribution >= 4 is 58.0 Å². The molecule has 1 amide bonds. The van der Waals surface area contributed by atoms with E-state index < -0.39 is 11.6 Å². The van der Waals surface area contributed by atoms with Crippen LogP contribution in [-0.2, 0) is 16.1 Å². The maximum atomic E-state index is 13.1. The first-order chi connectivity index (χ1) is 17.3. The van der Waals surface area contributed by atoms with Crippen LogP contribution in [-0.4, -0.2) is 34.4 Å². The van der Waals surface area contributed by atoms with E-state index in [-0.39, 0.29) is 24.9 Å². The summed E-state index contributed by atoms with van der Waals surface area (Å²) in [5, 5.41) is 4.39. The Morgan fingerprint density at radius 2 is 1.67 bits per heavy atom. The van der Waals surface area contributed by atoms with Gasteiger partial charge in [0.2, 0.25) is 5.91 Å². The Labute approximate surface area is 228 Å². The minimum Gasteiger partial charge on any atom is -0.365 e. The molecule has 1 N–H and O–H groups in total. The number of halogens is 5. The van der Waals surface area contributed by atoms with Gasteiger partial charge >= 0.3 is 0 Å². The third kappa shape index (κ3) is 7.05. The van der Waals surface area contributed by atoms with Gasteiger partial charge < -0.3 is 19.9 Å². The molecule has 0 bridgehead atoms. The number of benzene rings is 3. The van der Waals surface area contributed by atoms with Gasteiger partial charge in [-0.3, -0.25) is 4.79 Å². The zero-order valence-corrected chi connectivity index (χ0v) is 21.9. The Morgan fingerprint density at radius 1 is 0.972 bits per heavy atom. The first-order valence-electron chi connectivity index (χ1n) is 11.0. The van der Waals surface area contributed by atoms with Crippen molar-refractivity contribution in [1.29, 1.82) is 0 Å². The fraction of sp³-hybridized carbons (Fsp3) is 0.192. The van der Waals surface area contributed by atoms with E-state index in [1.54, 1.807) is 30.5 Å². The molecule has 0 saturated heterocycles. The largest absolute Gasteiger partial charge is 0.365 e. The van der Waals surface area contributed by atoms with Crippen LogP contribution in [0.15, 0.2) is 79.1 Å². The van der Waals surface area contributed by atoms with Crippen molar-refractivity contribution in [3.05, 3.63) is 111 Å². The first-order valence-corrected chi connectivity index (χ1v) is 12.5. The van der Waals surface area contributed by atoms with Gasteiger partial charge in [-0.15, -0.1) is 0 Å². The summed E-state index contributed by atoms with van der Waals surface area (Å²) in [4.78, 5) is 16.1. The van der Waals surface area contributed by atoms with E-state index >= 15 is 0 Å². The van der Waals surface area contributed by atoms with Crippen LogP contribution in [0.1, 0.15) is 17.2 Å². The first kappa shape index (κ1) is 26.6. The van der Waals surface area contributed by atoms with E-state index in [1.807, 2.05) is 34.2 Å². The smallest absolute Gasteiger partial charge is 0.243 e. The molecule has 4 rings (SSSR count). The Bertz CT molecular complexity index is 1220. The van der Waals surface area contributed by atoms with Crippen LogP contribution in [0.2, 0.25) is 15.1 Å². The van der Waals surface area contributed by atoms with E-state index in [2.05, 4.69) is 5.32 Å². The molecule has 1 aliphatic heterocycles. The fourth-order valence-electron chi connectivity index (χ4n) is 3.64. The number of carbonyl (C=O) groups is 1. The summed E-state index contributed by atoms with van der Waals surface area (Å²) in [5.41, 5.74) is 1.54. The second-order valence-electron chi connectivity index (χ2n) is 8.15. The average molecular weight is 569 g/mol. The van der Waals surface area contributed by atoms with Gasteiger partial charge in [-0.05, 0) is 59.7 Å². The summed E-state index contributed by atoms with van der Waals surface area (Å²) in [6, 6.07) is 18.1. The second kappa shape index (κ2) is 12.2. The molecule has 1 heterocycles. The highest BCUT2D eigenvalue weighted by atomic mass is 35.5. The number of carbonyl (C=O) groups excluding carboxylic acids is 1. The molecule has 3 aromatic carbocycles. The molecule has 36 heavy (non-hydrogen) atoms. The third-order valence-corrected chi connectivity index (χ3v) is 6.81. The highest BCUT2D eigenvalue weighted by Gasteiger charge is 2.30. The van der Waals surface area contributed by atoms with Gasteiger partial charge in [0, 0.05) is 33.2 Å². The van der Waals surface area contributed by atoms with Gasteiger partial charge in [-0.1, -0.05) is 64.6 Å². The maximum absolute atomic E-state index is 13.1. The summed E-state index contributed by atoms with van der Waals surface area (Å²) in [6.45, 7) is 0.689. The number of amides is 1. The molecule has 0 aliphatic carbocycles. The molecule has 2 unspecified atom stereocenters. The van der Waals surface area contributed by atoms with Crippen molar-refractivity contribution in [2.24, 2.45) is 0 Å². The topological polar surface area (TPSA) is 44.8 Å². The number of hydrogen-bond acceptors (Lipinski definition) is 4. The summed E-state index contributed by atoms with van der Waals surface area (Å²) in [7, 11) is 0. The standard InChI is InChI=1S/C26H22Cl4FN3O2/c27-19-4-1-17(2-5-19)25(36-15-18-3-6-20(28)13-23(18)29)26(30)34-12-11-33(16-34)14-24(35)32-22-9-7-21(31)8-10-22/h1-13,25-26H,14-16H2,(H,32,35). The van der Waals surface area contributed by atoms with Crippen LogP contribution in [0.5, 0.6) is 0 Å². The number of ether oxygens (including phenoxy) is 1. The molecule has 0 aromatic heterocycles. The van der Waals surface area contributed by atoms with Crippen LogP contribution in [0.4, 0.5) is 10.1 Å². The molecule has 5 nitrogen and oxygen atoms in total. The molecule has 0 spiro atoms. The molecule has 0 radical (unpaired) electrons. The SMILES string of the molecule is O=C(CN1C=CN(C(Cl)C(OCc2ccc(Cl)cc2Cl)c2ccc(Cl)cc2)C1)Nc1ccc(F)cc1. The van der Waals surface area contributed by atoms with Crippen LogP contribution in [0.25, 0.3) is 0 Å². The molecular formula is C26H22Cl4FN3O2. The Hall–Kier alpha value is -2.48. The lowest BCUT2D eigenvalue weighted by molar-refractivity contribution is -0.117. The van der Waals surface area contributed by atoms with Crippen molar-refractivity contribution in [3.63, 3.8) is 0 Å². The quantitative estimate of drug-likeness (QED) is 0.217. The normalized spacial score (nSPS) is 14.7. The Balaban J connectivity index is 1.41. The fourth-order valence-corrected chi connectivity index (χ4v) is 4.58. The van der Waals surface area contributed by atoms with E-state index in [1.165, 1.54) is 24.3 Å². The number of rotatable bonds is 9. The molecule has 0 fully saturated rings. The highest BCUT2D eigenvalue weighted by molar-refractivity contribution is 6.35. The van der Waals surface area contributed by atoms with Crippen molar-refractivity contribution in [3.8, 4) is 0 Å². The number of anilines is 1. The minimum atomic E-state index is -0.598. The maximum Gasteiger partial charge on any atom is 0.243 e. The zero-order chi connectivity index (χ0) is 25.7. The van der Waals surface area contributed by atoms with E-state index in [9.17, 15) is 9.18 Å². The predicted molar refractivity (Wildman–Crippen MR) is 143 cm³/mol. The highest BCUT2D eigenvalue weighted by Crippen LogP contribution is 2.32. The van der Waals surface area contributed by atoms with Crippen molar-refractivity contribution in [1.82, 2.24) is 9.80 Å². The molecule has 1 aliphatic rings. The predicted octanol–water partition coefficient (Wildman–Crippen LogP) is 7.29. The van der Waals surface area contributed by atoms with E-state index in [0.717, 1.165) is 11.1 Å². The van der Waals surface area contributed by atoms with Crippen LogP contribution < -0.4 is 5.32 Å². The van der Waals surface area contributed by atoms with Crippen molar-refractivity contribution in [2.75, 3.05) is 18.5 Å². The van der Waals surface area contributed by atoms with Gasteiger partial charge in [0.1, 0.15) is 17.4 Å². The summed E-state index contributed by atoms with van der Waals surface area (Å²) in [5.74, 6) is -0.600. The lowest BCUT2D eigenvalue weighted by Gasteiger charge is -2.31. The Morgan fingerprint density at radius 3 is 2.36 bits per heavy atom. The minimum absolute atomic E-state index is 0.0981. The molecule has 3 aromatic rings. The Kier molecular flexibility index (Phi) is 8.99. The molecular weight excluding hydrogens is 547 g/mol.